The Morgan fingerprint density at radius 3 is 2.45 bits per heavy atom. The molecule has 108 valence electrons. The number of hydrogen-bond acceptors (Lipinski definition) is 4. The van der Waals surface area contributed by atoms with E-state index in [1.54, 1.807) is 11.9 Å². The predicted octanol–water partition coefficient (Wildman–Crippen LogP) is -0.0261. The monoisotopic (exact) mass is 295 g/mol. The summed E-state index contributed by atoms with van der Waals surface area (Å²) in [4.78, 5) is 22.5. The first-order valence-electron chi connectivity index (χ1n) is 5.97. The third kappa shape index (κ3) is 5.33. The van der Waals surface area contributed by atoms with E-state index in [9.17, 15) is 9.59 Å². The molecule has 1 fully saturated rings. The summed E-state index contributed by atoms with van der Waals surface area (Å²) in [5.74, 6) is -0.976. The van der Waals surface area contributed by atoms with Crippen LogP contribution in [0.5, 0.6) is 0 Å². The average Bonchev–Trinajstić information content (AvgIpc) is 2.68. The number of benzene rings is 1. The molecule has 1 aliphatic heterocycles. The quantitative estimate of drug-likeness (QED) is 0.678. The molecule has 6 nitrogen and oxygen atoms in total. The summed E-state index contributed by atoms with van der Waals surface area (Å²) in [6.45, 7) is 0.402. The molecule has 1 aromatic carbocycles. The summed E-state index contributed by atoms with van der Waals surface area (Å²) in [5.41, 5.74) is 6.30. The number of carbonyl (C=O) groups is 2. The average molecular weight is 295 g/mol. The van der Waals surface area contributed by atoms with Gasteiger partial charge in [0, 0.05) is 7.05 Å². The van der Waals surface area contributed by atoms with Crippen LogP contribution in [0.25, 0.3) is 0 Å². The number of likely N-dealkylation sites (N-methyl/N-ethyl adjacent to an activating group) is 1. The van der Waals surface area contributed by atoms with Gasteiger partial charge in [0.2, 0.25) is 5.91 Å². The molecule has 1 aromatic rings. The first kappa shape index (κ1) is 16.1. The van der Waals surface area contributed by atoms with E-state index in [2.05, 4.69) is 5.32 Å². The number of aliphatic carboxylic acids is 1. The van der Waals surface area contributed by atoms with Gasteiger partial charge in [-0.1, -0.05) is 30.3 Å². The highest BCUT2D eigenvalue weighted by molar-refractivity contribution is 7.80. The Balaban J connectivity index is 0.000000217. The molecule has 0 bridgehead atoms. The van der Waals surface area contributed by atoms with Crippen LogP contribution < -0.4 is 11.1 Å². The molecule has 0 spiro atoms. The zero-order valence-corrected chi connectivity index (χ0v) is 11.9. The molecule has 0 saturated carbocycles. The molecule has 0 aliphatic carbocycles. The zero-order valence-electron chi connectivity index (χ0n) is 11.1. The molecular weight excluding hydrogens is 278 g/mol. The van der Waals surface area contributed by atoms with Gasteiger partial charge in [-0.25, -0.2) is 0 Å². The maximum absolute atomic E-state index is 10.4. The van der Waals surface area contributed by atoms with E-state index in [4.69, 9.17) is 23.1 Å². The molecule has 1 unspecified atom stereocenters. The number of nitrogens with two attached hydrogens (primary N) is 1. The van der Waals surface area contributed by atoms with Crippen LogP contribution in [0, 0.1) is 0 Å². The summed E-state index contributed by atoms with van der Waals surface area (Å²) < 4.78 is 0. The van der Waals surface area contributed by atoms with Gasteiger partial charge < -0.3 is 21.1 Å². The van der Waals surface area contributed by atoms with E-state index in [1.807, 2.05) is 30.3 Å². The van der Waals surface area contributed by atoms with Crippen molar-refractivity contribution in [1.82, 2.24) is 10.2 Å². The Morgan fingerprint density at radius 1 is 1.50 bits per heavy atom. The first-order valence-corrected chi connectivity index (χ1v) is 6.38. The first-order chi connectivity index (χ1) is 9.40. The second-order valence-corrected chi connectivity index (χ2v) is 4.73. The number of nitrogens with one attached hydrogen (secondary N) is 1. The Kier molecular flexibility index (Phi) is 6.08. The maximum atomic E-state index is 10.4. The van der Waals surface area contributed by atoms with Gasteiger partial charge in [-0.3, -0.25) is 9.59 Å². The fourth-order valence-corrected chi connectivity index (χ4v) is 1.68. The van der Waals surface area contributed by atoms with E-state index in [0.29, 0.717) is 18.1 Å². The van der Waals surface area contributed by atoms with E-state index in [0.717, 1.165) is 5.56 Å². The molecule has 2 rings (SSSR count). The highest BCUT2D eigenvalue weighted by Gasteiger charge is 2.18. The fraction of sp³-hybridized carbons (Fsp3) is 0.308. The third-order valence-electron chi connectivity index (χ3n) is 2.59. The summed E-state index contributed by atoms with van der Waals surface area (Å²) >= 11 is 4.71. The Morgan fingerprint density at radius 2 is 2.10 bits per heavy atom. The fourth-order valence-electron chi connectivity index (χ4n) is 1.50. The van der Waals surface area contributed by atoms with E-state index >= 15 is 0 Å². The van der Waals surface area contributed by atoms with Crippen LogP contribution in [0.4, 0.5) is 0 Å². The highest BCUT2D eigenvalue weighted by atomic mass is 32.1. The molecule has 7 heteroatoms. The zero-order chi connectivity index (χ0) is 15.1. The number of nitrogens with zero attached hydrogens (tertiary/aromatic N) is 1. The number of carboxylic acids is 1. The highest BCUT2D eigenvalue weighted by Crippen LogP contribution is 2.01. The Bertz CT molecular complexity index is 493. The minimum absolute atomic E-state index is 0.0162. The smallest absolute Gasteiger partial charge is 0.320 e. The van der Waals surface area contributed by atoms with Crippen LogP contribution in [0.15, 0.2) is 30.3 Å². The van der Waals surface area contributed by atoms with Crippen LogP contribution >= 0.6 is 12.2 Å². The topological polar surface area (TPSA) is 95.7 Å². The molecule has 1 saturated heterocycles. The summed E-state index contributed by atoms with van der Waals surface area (Å²) in [5, 5.41) is 11.5. The molecule has 1 amide bonds. The lowest BCUT2D eigenvalue weighted by atomic mass is 10.1. The van der Waals surface area contributed by atoms with Crippen LogP contribution in [-0.2, 0) is 16.0 Å². The molecule has 1 atom stereocenters. The molecule has 0 radical (unpaired) electrons. The number of carboxylic acid groups (broad SMARTS) is 1. The second-order valence-electron chi connectivity index (χ2n) is 4.34. The van der Waals surface area contributed by atoms with E-state index < -0.39 is 12.0 Å². The van der Waals surface area contributed by atoms with E-state index in [1.165, 1.54) is 0 Å². The SMILES string of the molecule is CN1CC(=O)NC1=S.NC(Cc1ccccc1)C(=O)O. The Labute approximate surface area is 122 Å². The molecule has 20 heavy (non-hydrogen) atoms. The predicted molar refractivity (Wildman–Crippen MR) is 79.1 cm³/mol. The third-order valence-corrected chi connectivity index (χ3v) is 3.00. The van der Waals surface area contributed by atoms with E-state index in [-0.39, 0.29) is 5.91 Å². The summed E-state index contributed by atoms with van der Waals surface area (Å²) in [7, 11) is 1.78. The van der Waals surface area contributed by atoms with Crippen LogP contribution in [0.2, 0.25) is 0 Å². The minimum atomic E-state index is -0.959. The number of hydrogen-bond donors (Lipinski definition) is 3. The largest absolute Gasteiger partial charge is 0.480 e. The van der Waals surface area contributed by atoms with Gasteiger partial charge in [0.25, 0.3) is 0 Å². The summed E-state index contributed by atoms with van der Waals surface area (Å²) in [6, 6.07) is 8.54. The van der Waals surface area contributed by atoms with Gasteiger partial charge in [-0.15, -0.1) is 0 Å². The lowest BCUT2D eigenvalue weighted by molar-refractivity contribution is -0.138. The van der Waals surface area contributed by atoms with Crippen molar-refractivity contribution in [3.63, 3.8) is 0 Å². The Hall–Kier alpha value is -1.99. The van der Waals surface area contributed by atoms with Crippen molar-refractivity contribution in [2.24, 2.45) is 5.73 Å². The van der Waals surface area contributed by atoms with Gasteiger partial charge in [0.1, 0.15) is 6.04 Å². The van der Waals surface area contributed by atoms with Crippen molar-refractivity contribution in [2.45, 2.75) is 12.5 Å². The van der Waals surface area contributed by atoms with Crippen LogP contribution in [0.3, 0.4) is 0 Å². The molecular formula is C13H17N3O3S. The summed E-state index contributed by atoms with van der Waals surface area (Å²) in [6.07, 6.45) is 0.385. The van der Waals surface area contributed by atoms with Gasteiger partial charge in [0.05, 0.1) is 6.54 Å². The van der Waals surface area contributed by atoms with Crippen molar-refractivity contribution in [2.75, 3.05) is 13.6 Å². The van der Waals surface area contributed by atoms with Gasteiger partial charge in [-0.05, 0) is 24.2 Å². The number of amides is 1. The molecule has 1 heterocycles. The molecule has 4 N–H and O–H groups in total. The standard InChI is InChI=1S/C9H11NO2.C4H6N2OS/c10-8(9(11)12)6-7-4-2-1-3-5-7;1-6-2-3(7)5-4(6)8/h1-5,8H,6,10H2,(H,11,12);2H2,1H3,(H,5,7,8). The van der Waals surface area contributed by atoms with Crippen molar-refractivity contribution in [1.29, 1.82) is 0 Å². The van der Waals surface area contributed by atoms with Crippen molar-refractivity contribution in [3.05, 3.63) is 35.9 Å². The van der Waals surface area contributed by atoms with Gasteiger partial charge in [-0.2, -0.15) is 0 Å². The maximum Gasteiger partial charge on any atom is 0.320 e. The number of rotatable bonds is 3. The molecule has 0 aromatic heterocycles. The van der Waals surface area contributed by atoms with Crippen molar-refractivity contribution in [3.8, 4) is 0 Å². The second kappa shape index (κ2) is 7.56. The lowest BCUT2D eigenvalue weighted by Crippen LogP contribution is -2.32. The van der Waals surface area contributed by atoms with Gasteiger partial charge in [0.15, 0.2) is 5.11 Å². The van der Waals surface area contributed by atoms with Crippen LogP contribution in [-0.4, -0.2) is 46.6 Å². The minimum Gasteiger partial charge on any atom is -0.480 e. The van der Waals surface area contributed by atoms with Crippen LogP contribution in [0.1, 0.15) is 5.56 Å². The van der Waals surface area contributed by atoms with Gasteiger partial charge >= 0.3 is 5.97 Å². The normalized spacial score (nSPS) is 15.2. The number of carbonyl (C=O) groups excluding carboxylic acids is 1. The van der Waals surface area contributed by atoms with Crippen molar-refractivity contribution < 1.29 is 14.7 Å². The lowest BCUT2D eigenvalue weighted by Gasteiger charge is -2.04. The molecule has 1 aliphatic rings. The van der Waals surface area contributed by atoms with Crippen molar-refractivity contribution >= 4 is 29.2 Å². The number of thiocarbonyl (C=S) groups is 1.